The number of ether oxygens (including phenoxy) is 3. The van der Waals surface area contributed by atoms with Gasteiger partial charge in [0, 0.05) is 19.3 Å². The van der Waals surface area contributed by atoms with Gasteiger partial charge in [-0.1, -0.05) is 129 Å². The van der Waals surface area contributed by atoms with E-state index in [1.807, 2.05) is 21.1 Å². The smallest absolute Gasteiger partial charge is 0.362 e. The normalized spacial score (nSPS) is 13.1. The number of aliphatic carboxylic acids is 1. The Kier molecular flexibility index (Phi) is 30.1. The maximum absolute atomic E-state index is 12.6. The lowest BCUT2D eigenvalue weighted by molar-refractivity contribution is -0.887. The van der Waals surface area contributed by atoms with Gasteiger partial charge in [-0.3, -0.25) is 9.59 Å². The number of hydrogen-bond donors (Lipinski definition) is 1. The molecule has 2 atom stereocenters. The Balaban J connectivity index is 4.38. The summed E-state index contributed by atoms with van der Waals surface area (Å²) in [6, 6.07) is -0.612. The Morgan fingerprint density at radius 2 is 1.09 bits per heavy atom. The first-order valence-corrected chi connectivity index (χ1v) is 19.2. The predicted molar refractivity (Wildman–Crippen MR) is 192 cm³/mol. The fourth-order valence-electron chi connectivity index (χ4n) is 5.62. The minimum Gasteiger partial charge on any atom is -0.477 e. The molecule has 0 radical (unpaired) electrons. The molecular weight excluding hydrogens is 594 g/mol. The number of esters is 2. The molecule has 0 spiro atoms. The van der Waals surface area contributed by atoms with Crippen molar-refractivity contribution in [2.24, 2.45) is 0 Å². The molecule has 8 heteroatoms. The molecule has 0 amide bonds. The van der Waals surface area contributed by atoms with Crippen LogP contribution in [0.3, 0.4) is 0 Å². The summed E-state index contributed by atoms with van der Waals surface area (Å²) in [6.07, 6.45) is 29.8. The summed E-state index contributed by atoms with van der Waals surface area (Å²) in [5.41, 5.74) is 0. The van der Waals surface area contributed by atoms with E-state index in [1.54, 1.807) is 0 Å². The average molecular weight is 669 g/mol. The third kappa shape index (κ3) is 29.9. The van der Waals surface area contributed by atoms with Crippen molar-refractivity contribution >= 4 is 17.9 Å². The third-order valence-electron chi connectivity index (χ3n) is 8.66. The number of carbonyl (C=O) groups excluding carboxylic acids is 2. The summed E-state index contributed by atoms with van der Waals surface area (Å²) < 4.78 is 17.1. The highest BCUT2D eigenvalue weighted by Gasteiger charge is 2.31. The number of allylic oxidation sites excluding steroid dienone is 2. The molecule has 0 saturated heterocycles. The van der Waals surface area contributed by atoms with Gasteiger partial charge < -0.3 is 23.8 Å². The Hall–Kier alpha value is -1.93. The zero-order valence-electron chi connectivity index (χ0n) is 31.2. The highest BCUT2D eigenvalue weighted by Crippen LogP contribution is 2.14. The van der Waals surface area contributed by atoms with E-state index in [9.17, 15) is 19.5 Å². The van der Waals surface area contributed by atoms with E-state index in [0.29, 0.717) is 19.3 Å². The van der Waals surface area contributed by atoms with E-state index >= 15 is 0 Å². The molecule has 0 aliphatic rings. The Morgan fingerprint density at radius 3 is 1.60 bits per heavy atom. The van der Waals surface area contributed by atoms with Crippen molar-refractivity contribution in [1.29, 1.82) is 0 Å². The van der Waals surface area contributed by atoms with Crippen molar-refractivity contribution in [2.45, 2.75) is 180 Å². The van der Waals surface area contributed by atoms with Crippen molar-refractivity contribution < 1.29 is 38.2 Å². The summed E-state index contributed by atoms with van der Waals surface area (Å²) in [5, 5.41) is 9.56. The second-order valence-corrected chi connectivity index (χ2v) is 14.2. The summed E-state index contributed by atoms with van der Waals surface area (Å²) in [5.74, 6) is -1.51. The van der Waals surface area contributed by atoms with Gasteiger partial charge in [-0.15, -0.1) is 0 Å². The number of unbranched alkanes of at least 4 members (excludes halogenated alkanes) is 18. The quantitative estimate of drug-likeness (QED) is 0.0315. The van der Waals surface area contributed by atoms with Gasteiger partial charge in [-0.2, -0.15) is 0 Å². The highest BCUT2D eigenvalue weighted by atomic mass is 16.6. The van der Waals surface area contributed by atoms with Crippen LogP contribution in [0, 0.1) is 0 Å². The molecule has 0 aliphatic heterocycles. The van der Waals surface area contributed by atoms with Crippen molar-refractivity contribution in [2.75, 3.05) is 41.0 Å². The predicted octanol–water partition coefficient (Wildman–Crippen LogP) is 9.58. The van der Waals surface area contributed by atoms with E-state index in [0.717, 1.165) is 32.1 Å². The fourth-order valence-corrected chi connectivity index (χ4v) is 5.62. The molecule has 0 aromatic heterocycles. The number of carboxylic acids is 1. The molecule has 0 fully saturated rings. The van der Waals surface area contributed by atoms with E-state index in [-0.39, 0.29) is 42.7 Å². The molecule has 0 aromatic carbocycles. The minimum atomic E-state index is -0.878. The monoisotopic (exact) mass is 669 g/mol. The maximum atomic E-state index is 12.6. The van der Waals surface area contributed by atoms with Crippen LogP contribution in [0.15, 0.2) is 12.2 Å². The van der Waals surface area contributed by atoms with Gasteiger partial charge in [0.15, 0.2) is 12.1 Å². The molecular formula is C39H74NO7+. The number of rotatable bonds is 34. The maximum Gasteiger partial charge on any atom is 0.362 e. The van der Waals surface area contributed by atoms with Crippen LogP contribution in [0.25, 0.3) is 0 Å². The second kappa shape index (κ2) is 31.3. The molecule has 276 valence electrons. The van der Waals surface area contributed by atoms with Gasteiger partial charge in [0.25, 0.3) is 0 Å². The van der Waals surface area contributed by atoms with Gasteiger partial charge >= 0.3 is 17.9 Å². The van der Waals surface area contributed by atoms with Crippen molar-refractivity contribution in [3.8, 4) is 0 Å². The first kappa shape index (κ1) is 45.1. The summed E-state index contributed by atoms with van der Waals surface area (Å²) in [4.78, 5) is 36.7. The van der Waals surface area contributed by atoms with E-state index in [2.05, 4.69) is 26.0 Å². The van der Waals surface area contributed by atoms with Crippen LogP contribution in [-0.4, -0.2) is 80.6 Å². The number of nitrogens with zero attached hydrogens (tertiary/aromatic N) is 1. The third-order valence-corrected chi connectivity index (χ3v) is 8.66. The SMILES string of the molecule is CCCCCC/C=C/CCCC(=O)OC(COCCC(C(=O)O)[N+](C)(C)C)COC(=O)CCCCCCCCCCCCCCCC. The van der Waals surface area contributed by atoms with Crippen LogP contribution >= 0.6 is 0 Å². The zero-order chi connectivity index (χ0) is 35.0. The van der Waals surface area contributed by atoms with Gasteiger partial charge in [0.2, 0.25) is 0 Å². The zero-order valence-corrected chi connectivity index (χ0v) is 31.2. The van der Waals surface area contributed by atoms with Crippen LogP contribution < -0.4 is 0 Å². The number of quaternary nitrogens is 1. The molecule has 0 saturated carbocycles. The Morgan fingerprint density at radius 1 is 0.617 bits per heavy atom. The molecule has 2 unspecified atom stereocenters. The van der Waals surface area contributed by atoms with Gasteiger partial charge in [-0.05, 0) is 32.1 Å². The van der Waals surface area contributed by atoms with Crippen molar-refractivity contribution in [1.82, 2.24) is 0 Å². The number of carbonyl (C=O) groups is 3. The van der Waals surface area contributed by atoms with Gasteiger partial charge in [0.05, 0.1) is 34.4 Å². The summed E-state index contributed by atoms with van der Waals surface area (Å²) in [6.45, 7) is 4.67. The van der Waals surface area contributed by atoms with Crippen LogP contribution in [0.4, 0.5) is 0 Å². The molecule has 1 N–H and O–H groups in total. The number of carboxylic acid groups (broad SMARTS) is 1. The van der Waals surface area contributed by atoms with E-state index < -0.39 is 18.1 Å². The molecule has 0 aromatic rings. The lowest BCUT2D eigenvalue weighted by Gasteiger charge is -2.31. The molecule has 8 nitrogen and oxygen atoms in total. The van der Waals surface area contributed by atoms with Crippen LogP contribution in [-0.2, 0) is 28.6 Å². The fraction of sp³-hybridized carbons (Fsp3) is 0.872. The topological polar surface area (TPSA) is 99.1 Å². The van der Waals surface area contributed by atoms with Gasteiger partial charge in [0.1, 0.15) is 6.61 Å². The van der Waals surface area contributed by atoms with E-state index in [1.165, 1.54) is 96.3 Å². The first-order chi connectivity index (χ1) is 22.6. The molecule has 47 heavy (non-hydrogen) atoms. The minimum absolute atomic E-state index is 0.0546. The number of likely N-dealkylation sites (N-methyl/N-ethyl adjacent to an activating group) is 1. The molecule has 0 bridgehead atoms. The summed E-state index contributed by atoms with van der Waals surface area (Å²) >= 11 is 0. The van der Waals surface area contributed by atoms with Crippen LogP contribution in [0.5, 0.6) is 0 Å². The number of hydrogen-bond acceptors (Lipinski definition) is 6. The highest BCUT2D eigenvalue weighted by molar-refractivity contribution is 5.72. The molecule has 0 aliphatic carbocycles. The largest absolute Gasteiger partial charge is 0.477 e. The average Bonchev–Trinajstić information content (AvgIpc) is 3.01. The van der Waals surface area contributed by atoms with Crippen molar-refractivity contribution in [3.63, 3.8) is 0 Å². The standard InChI is InChI=1S/C39H73NO7/c1-6-8-10-12-14-16-17-18-19-20-22-23-25-27-29-37(41)46-34-35(33-45-32-31-36(39(43)44)40(3,4)5)47-38(42)30-28-26-24-21-15-13-11-9-7-2/h21,24,35-36H,6-20,22-23,25-34H2,1-5H3/p+1/b24-21+. The van der Waals surface area contributed by atoms with Crippen LogP contribution in [0.2, 0.25) is 0 Å². The van der Waals surface area contributed by atoms with E-state index in [4.69, 9.17) is 14.2 Å². The second-order valence-electron chi connectivity index (χ2n) is 14.2. The molecule has 0 heterocycles. The van der Waals surface area contributed by atoms with Crippen LogP contribution in [0.1, 0.15) is 168 Å². The van der Waals surface area contributed by atoms with Crippen molar-refractivity contribution in [3.05, 3.63) is 12.2 Å². The van der Waals surface area contributed by atoms with Gasteiger partial charge in [-0.25, -0.2) is 4.79 Å². The Bertz CT molecular complexity index is 793. The molecule has 0 rings (SSSR count). The Labute approximate surface area is 289 Å². The lowest BCUT2D eigenvalue weighted by atomic mass is 10.0. The lowest BCUT2D eigenvalue weighted by Crippen LogP contribution is -2.50. The summed E-state index contributed by atoms with van der Waals surface area (Å²) in [7, 11) is 5.51. The first-order valence-electron chi connectivity index (χ1n) is 19.2.